The van der Waals surface area contributed by atoms with E-state index in [4.69, 9.17) is 5.73 Å². The van der Waals surface area contributed by atoms with Crippen molar-refractivity contribution in [1.29, 1.82) is 0 Å². The fraction of sp³-hybridized carbons (Fsp3) is 0.300. The van der Waals surface area contributed by atoms with Gasteiger partial charge in [-0.25, -0.2) is 4.79 Å². The summed E-state index contributed by atoms with van der Waals surface area (Å²) in [7, 11) is 0. The van der Waals surface area contributed by atoms with Gasteiger partial charge in [0.2, 0.25) is 0 Å². The van der Waals surface area contributed by atoms with Gasteiger partial charge in [-0.05, 0) is 42.2 Å². The molecule has 3 amide bonds. The average Bonchev–Trinajstić information content (AvgIpc) is 3.49. The first-order valence-electron chi connectivity index (χ1n) is 8.84. The zero-order valence-corrected chi connectivity index (χ0v) is 15.0. The van der Waals surface area contributed by atoms with E-state index in [2.05, 4.69) is 5.32 Å². The van der Waals surface area contributed by atoms with Crippen LogP contribution in [0.5, 0.6) is 0 Å². The maximum absolute atomic E-state index is 13.3. The lowest BCUT2D eigenvalue weighted by Crippen LogP contribution is -2.33. The molecule has 0 radical (unpaired) electrons. The Balaban J connectivity index is 1.78. The Hall–Kier alpha value is -3.03. The first-order chi connectivity index (χ1) is 13.3. The van der Waals surface area contributed by atoms with Crippen LogP contribution in [-0.2, 0) is 19.3 Å². The van der Waals surface area contributed by atoms with E-state index in [-0.39, 0.29) is 30.6 Å². The normalized spacial score (nSPS) is 13.8. The zero-order chi connectivity index (χ0) is 20.3. The topological polar surface area (TPSA) is 75.4 Å². The molecule has 0 aliphatic heterocycles. The van der Waals surface area contributed by atoms with Crippen molar-refractivity contribution < 1.29 is 22.8 Å². The second-order valence-electron chi connectivity index (χ2n) is 6.73. The molecule has 1 aliphatic carbocycles. The van der Waals surface area contributed by atoms with Gasteiger partial charge in [-0.3, -0.25) is 4.79 Å². The quantitative estimate of drug-likeness (QED) is 0.788. The first-order valence-corrected chi connectivity index (χ1v) is 8.84. The monoisotopic (exact) mass is 391 g/mol. The van der Waals surface area contributed by atoms with E-state index in [0.29, 0.717) is 5.56 Å². The maximum Gasteiger partial charge on any atom is 0.416 e. The van der Waals surface area contributed by atoms with Crippen LogP contribution in [0.15, 0.2) is 48.5 Å². The number of alkyl halides is 3. The molecule has 0 bridgehead atoms. The summed E-state index contributed by atoms with van der Waals surface area (Å²) in [5.41, 5.74) is 5.53. The minimum absolute atomic E-state index is 0.0509. The molecule has 28 heavy (non-hydrogen) atoms. The summed E-state index contributed by atoms with van der Waals surface area (Å²) in [4.78, 5) is 25.2. The predicted molar refractivity (Wildman–Crippen MR) is 97.2 cm³/mol. The highest BCUT2D eigenvalue weighted by molar-refractivity contribution is 5.94. The third-order valence-corrected chi connectivity index (χ3v) is 4.58. The number of amides is 3. The van der Waals surface area contributed by atoms with Gasteiger partial charge in [-0.2, -0.15) is 13.2 Å². The molecule has 5 nitrogen and oxygen atoms in total. The van der Waals surface area contributed by atoms with Gasteiger partial charge in [-0.15, -0.1) is 0 Å². The van der Waals surface area contributed by atoms with Gasteiger partial charge < -0.3 is 16.0 Å². The lowest BCUT2D eigenvalue weighted by atomic mass is 10.1. The lowest BCUT2D eigenvalue weighted by Gasteiger charge is -2.24. The molecular weight excluding hydrogens is 371 g/mol. The summed E-state index contributed by atoms with van der Waals surface area (Å²) < 4.78 is 39.8. The molecule has 0 saturated heterocycles. The molecule has 3 rings (SSSR count). The molecule has 0 aromatic heterocycles. The third-order valence-electron chi connectivity index (χ3n) is 4.58. The number of halogens is 3. The van der Waals surface area contributed by atoms with Gasteiger partial charge >= 0.3 is 12.2 Å². The summed E-state index contributed by atoms with van der Waals surface area (Å²) >= 11 is 0. The molecule has 148 valence electrons. The molecule has 0 atom stereocenters. The van der Waals surface area contributed by atoms with E-state index >= 15 is 0 Å². The third kappa shape index (κ3) is 4.82. The Kier molecular flexibility index (Phi) is 5.58. The summed E-state index contributed by atoms with van der Waals surface area (Å²) in [6, 6.07) is 11.2. The van der Waals surface area contributed by atoms with Crippen molar-refractivity contribution in [3.8, 4) is 0 Å². The van der Waals surface area contributed by atoms with Crippen LogP contribution in [0.25, 0.3) is 0 Å². The second-order valence-corrected chi connectivity index (χ2v) is 6.73. The molecule has 0 heterocycles. The lowest BCUT2D eigenvalue weighted by molar-refractivity contribution is -0.138. The Morgan fingerprint density at radius 1 is 1.07 bits per heavy atom. The molecule has 8 heteroatoms. The van der Waals surface area contributed by atoms with Gasteiger partial charge in [0.05, 0.1) is 5.56 Å². The van der Waals surface area contributed by atoms with Crippen LogP contribution < -0.4 is 11.1 Å². The molecule has 2 aromatic rings. The second kappa shape index (κ2) is 7.92. The van der Waals surface area contributed by atoms with Gasteiger partial charge in [0.15, 0.2) is 0 Å². The smallest absolute Gasteiger partial charge is 0.352 e. The van der Waals surface area contributed by atoms with Gasteiger partial charge in [0.1, 0.15) is 0 Å². The number of nitrogens with two attached hydrogens (primary N) is 1. The fourth-order valence-corrected chi connectivity index (χ4v) is 2.99. The Morgan fingerprint density at radius 3 is 2.29 bits per heavy atom. The van der Waals surface area contributed by atoms with Crippen molar-refractivity contribution in [3.63, 3.8) is 0 Å². The predicted octanol–water partition coefficient (Wildman–Crippen LogP) is 3.68. The van der Waals surface area contributed by atoms with Crippen molar-refractivity contribution in [3.05, 3.63) is 70.8 Å². The minimum atomic E-state index is -4.47. The number of hydrogen-bond acceptors (Lipinski definition) is 2. The molecule has 1 aliphatic rings. The van der Waals surface area contributed by atoms with Gasteiger partial charge in [0, 0.05) is 24.7 Å². The summed E-state index contributed by atoms with van der Waals surface area (Å²) in [5, 5.41) is 2.45. The van der Waals surface area contributed by atoms with Crippen LogP contribution in [0.1, 0.15) is 39.9 Å². The molecule has 1 fully saturated rings. The highest BCUT2D eigenvalue weighted by Gasteiger charge is 2.37. The van der Waals surface area contributed by atoms with Crippen LogP contribution >= 0.6 is 0 Å². The molecular formula is C20H20F3N3O2. The Labute approximate surface area is 160 Å². The van der Waals surface area contributed by atoms with Crippen LogP contribution in [0.4, 0.5) is 18.0 Å². The van der Waals surface area contributed by atoms with E-state index in [9.17, 15) is 22.8 Å². The number of nitrogens with zero attached hydrogens (tertiary/aromatic N) is 1. The first kappa shape index (κ1) is 19.7. The van der Waals surface area contributed by atoms with Crippen molar-refractivity contribution in [2.24, 2.45) is 5.73 Å². The van der Waals surface area contributed by atoms with Crippen molar-refractivity contribution in [2.45, 2.75) is 38.1 Å². The average molecular weight is 391 g/mol. The molecule has 3 N–H and O–H groups in total. The Bertz CT molecular complexity index is 862. The van der Waals surface area contributed by atoms with Crippen molar-refractivity contribution in [2.75, 3.05) is 0 Å². The zero-order valence-electron chi connectivity index (χ0n) is 15.0. The maximum atomic E-state index is 13.3. The largest absolute Gasteiger partial charge is 0.416 e. The molecule has 0 unspecified atom stereocenters. The van der Waals surface area contributed by atoms with Crippen LogP contribution in [0.3, 0.4) is 0 Å². The van der Waals surface area contributed by atoms with E-state index < -0.39 is 17.8 Å². The van der Waals surface area contributed by atoms with Crippen molar-refractivity contribution >= 4 is 11.9 Å². The van der Waals surface area contributed by atoms with Gasteiger partial charge in [-0.1, -0.05) is 30.3 Å². The number of benzene rings is 2. The number of rotatable bonds is 6. The standard InChI is InChI=1S/C20H20F3N3O2/c21-20(22,23)17-4-2-1-3-15(17)12-26(16-9-10-16)18(27)14-7-5-13(6-8-14)11-25-19(24)28/h1-8,16H,9-12H2,(H3,24,25,28). The molecule has 1 saturated carbocycles. The summed E-state index contributed by atoms with van der Waals surface area (Å²) in [5.74, 6) is -0.311. The summed E-state index contributed by atoms with van der Waals surface area (Å²) in [6.45, 7) is 0.138. The number of carbonyl (C=O) groups is 2. The van der Waals surface area contributed by atoms with Gasteiger partial charge in [0.25, 0.3) is 5.91 Å². The Morgan fingerprint density at radius 2 is 1.71 bits per heavy atom. The number of hydrogen-bond donors (Lipinski definition) is 2. The van der Waals surface area contributed by atoms with E-state index in [1.165, 1.54) is 17.0 Å². The highest BCUT2D eigenvalue weighted by atomic mass is 19.4. The number of nitrogens with one attached hydrogen (secondary N) is 1. The summed E-state index contributed by atoms with van der Waals surface area (Å²) in [6.07, 6.45) is -2.91. The van der Waals surface area contributed by atoms with Crippen LogP contribution in [-0.4, -0.2) is 22.9 Å². The number of urea groups is 1. The van der Waals surface area contributed by atoms with E-state index in [0.717, 1.165) is 24.5 Å². The van der Waals surface area contributed by atoms with E-state index in [1.54, 1.807) is 30.3 Å². The van der Waals surface area contributed by atoms with Crippen LogP contribution in [0, 0.1) is 0 Å². The SMILES string of the molecule is NC(=O)NCc1ccc(C(=O)N(Cc2ccccc2C(F)(F)F)C2CC2)cc1. The van der Waals surface area contributed by atoms with Crippen LogP contribution in [0.2, 0.25) is 0 Å². The molecule has 2 aromatic carbocycles. The molecule has 0 spiro atoms. The highest BCUT2D eigenvalue weighted by Crippen LogP contribution is 2.35. The van der Waals surface area contributed by atoms with E-state index in [1.807, 2.05) is 0 Å². The fourth-order valence-electron chi connectivity index (χ4n) is 2.99. The van der Waals surface area contributed by atoms with Crippen molar-refractivity contribution in [1.82, 2.24) is 10.2 Å². The number of carbonyl (C=O) groups excluding carboxylic acids is 2. The number of primary amides is 1. The minimum Gasteiger partial charge on any atom is -0.352 e.